The van der Waals surface area contributed by atoms with E-state index >= 15 is 0 Å². The lowest BCUT2D eigenvalue weighted by atomic mass is 9.92. The average Bonchev–Trinajstić information content (AvgIpc) is 3.43. The molecule has 9 heteroatoms. The molecule has 0 saturated carbocycles. The van der Waals surface area contributed by atoms with Gasteiger partial charge >= 0.3 is 5.69 Å². The molecule has 40 heavy (non-hydrogen) atoms. The highest BCUT2D eigenvalue weighted by molar-refractivity contribution is 8.02. The van der Waals surface area contributed by atoms with Crippen LogP contribution in [0.15, 0.2) is 41.5 Å². The lowest BCUT2D eigenvalue weighted by molar-refractivity contribution is 0.152. The largest absolute Gasteiger partial charge is 0.340 e. The number of anilines is 2. The molecule has 0 unspecified atom stereocenters. The van der Waals surface area contributed by atoms with Crippen LogP contribution in [0.25, 0.3) is 22.2 Å². The average molecular weight is 565 g/mol. The molecule has 2 aromatic heterocycles. The summed E-state index contributed by atoms with van der Waals surface area (Å²) in [5, 5.41) is 8.56. The van der Waals surface area contributed by atoms with Gasteiger partial charge in [0, 0.05) is 50.7 Å². The van der Waals surface area contributed by atoms with Crippen molar-refractivity contribution in [1.29, 1.82) is 0 Å². The number of nitrogens with zero attached hydrogens (tertiary/aromatic N) is 5. The number of aryl methyl sites for hydroxylation is 4. The molecule has 0 bridgehead atoms. The van der Waals surface area contributed by atoms with Crippen LogP contribution in [0, 0.1) is 11.2 Å². The van der Waals surface area contributed by atoms with Crippen molar-refractivity contribution < 1.29 is 8.78 Å². The third-order valence-electron chi connectivity index (χ3n) is 7.62. The first kappa shape index (κ1) is 28.0. The fraction of sp³-hybridized carbons (Fsp3) is 0.419. The van der Waals surface area contributed by atoms with Crippen molar-refractivity contribution >= 4 is 33.3 Å². The minimum Gasteiger partial charge on any atom is -0.340 e. The lowest BCUT2D eigenvalue weighted by Gasteiger charge is -2.33. The van der Waals surface area contributed by atoms with Crippen molar-refractivity contribution in [2.75, 3.05) is 11.4 Å². The van der Waals surface area contributed by atoms with Crippen molar-refractivity contribution in [3.63, 3.8) is 0 Å². The van der Waals surface area contributed by atoms with Gasteiger partial charge in [-0.3, -0.25) is 13.8 Å². The molecule has 6 nitrogen and oxygen atoms in total. The molecule has 0 spiro atoms. The summed E-state index contributed by atoms with van der Waals surface area (Å²) in [5.74, 6) is 3.47. The monoisotopic (exact) mass is 564 g/mol. The number of hydrogen-bond donors (Lipinski definition) is 0. The highest BCUT2D eigenvalue weighted by Gasteiger charge is 2.28. The summed E-state index contributed by atoms with van der Waals surface area (Å²) in [5.41, 5.74) is 6.07. The van der Waals surface area contributed by atoms with Crippen molar-refractivity contribution in [1.82, 2.24) is 18.9 Å². The molecule has 0 fully saturated rings. The summed E-state index contributed by atoms with van der Waals surface area (Å²) in [6.45, 7) is 9.43. The van der Waals surface area contributed by atoms with Gasteiger partial charge < -0.3 is 4.90 Å². The molecule has 2 aromatic carbocycles. The molecular formula is C31H36F2N5OS+. The normalized spacial score (nSPS) is 13.6. The molecule has 0 radical (unpaired) electrons. The first-order valence-electron chi connectivity index (χ1n) is 13.6. The van der Waals surface area contributed by atoms with Gasteiger partial charge in [0.05, 0.1) is 39.4 Å². The van der Waals surface area contributed by atoms with Crippen LogP contribution in [0.1, 0.15) is 57.2 Å². The van der Waals surface area contributed by atoms with E-state index in [1.54, 1.807) is 53.4 Å². The van der Waals surface area contributed by atoms with Gasteiger partial charge in [0.1, 0.15) is 10.5 Å². The number of benzene rings is 2. The molecule has 210 valence electrons. The Labute approximate surface area is 236 Å². The van der Waals surface area contributed by atoms with Crippen molar-refractivity contribution in [2.45, 2.75) is 57.5 Å². The van der Waals surface area contributed by atoms with Crippen LogP contribution in [-0.4, -0.2) is 36.0 Å². The second-order valence-electron chi connectivity index (χ2n) is 11.0. The molecule has 1 aliphatic heterocycles. The fourth-order valence-electron chi connectivity index (χ4n) is 5.64. The maximum atomic E-state index is 14.5. The van der Waals surface area contributed by atoms with Crippen molar-refractivity contribution in [2.24, 2.45) is 21.1 Å². The van der Waals surface area contributed by atoms with Crippen LogP contribution in [-0.2, 0) is 38.5 Å². The topological polar surface area (TPSA) is 48.0 Å². The number of rotatable bonds is 5. The first-order valence-corrected chi connectivity index (χ1v) is 15.0. The van der Waals surface area contributed by atoms with Gasteiger partial charge in [0.2, 0.25) is 0 Å². The predicted octanol–water partition coefficient (Wildman–Crippen LogP) is 6.04. The van der Waals surface area contributed by atoms with Crippen LogP contribution in [0.2, 0.25) is 0 Å². The molecule has 1 aliphatic rings. The summed E-state index contributed by atoms with van der Waals surface area (Å²) < 4.78 is 33.8. The zero-order chi connectivity index (χ0) is 28.9. The first-order chi connectivity index (χ1) is 19.0. The number of imidazole rings is 1. The third kappa shape index (κ3) is 4.94. The van der Waals surface area contributed by atoms with Crippen LogP contribution in [0.5, 0.6) is 0 Å². The summed E-state index contributed by atoms with van der Waals surface area (Å²) in [4.78, 5) is 14.9. The molecule has 0 atom stereocenters. The Morgan fingerprint density at radius 2 is 1.62 bits per heavy atom. The maximum Gasteiger partial charge on any atom is 0.328 e. The van der Waals surface area contributed by atoms with Crippen LogP contribution < -0.4 is 10.6 Å². The zero-order valence-electron chi connectivity index (χ0n) is 24.1. The van der Waals surface area contributed by atoms with Gasteiger partial charge in [-0.1, -0.05) is 0 Å². The fourth-order valence-corrected chi connectivity index (χ4v) is 7.43. The SMILES string of the molecule is CC(C)[S+](C#Cc1cc2c(cc1N1CCCc3cc(-c4cnn(C)c4)c(C(F)F)cc31)n(C)c(=O)n2C)C(C)C. The number of aromatic nitrogens is 4. The number of alkyl halides is 2. The summed E-state index contributed by atoms with van der Waals surface area (Å²) in [6.07, 6.45) is 2.42. The molecule has 0 N–H and O–H groups in total. The molecule has 3 heterocycles. The molecule has 0 aliphatic carbocycles. The summed E-state index contributed by atoms with van der Waals surface area (Å²) in [6, 6.07) is 7.51. The smallest absolute Gasteiger partial charge is 0.328 e. The van der Waals surface area contributed by atoms with Gasteiger partial charge in [-0.25, -0.2) is 13.6 Å². The van der Waals surface area contributed by atoms with Gasteiger partial charge in [0.25, 0.3) is 6.43 Å². The van der Waals surface area contributed by atoms with Gasteiger partial charge in [-0.05, 0) is 81.8 Å². The van der Waals surface area contributed by atoms with E-state index in [0.717, 1.165) is 46.4 Å². The highest BCUT2D eigenvalue weighted by Crippen LogP contribution is 2.42. The van der Waals surface area contributed by atoms with Gasteiger partial charge in [0.15, 0.2) is 5.25 Å². The van der Waals surface area contributed by atoms with Crippen molar-refractivity contribution in [3.05, 3.63) is 63.8 Å². The number of halogens is 2. The lowest BCUT2D eigenvalue weighted by Crippen LogP contribution is -2.26. The second kappa shape index (κ2) is 10.8. The number of fused-ring (bicyclic) bond motifs is 2. The van der Waals surface area contributed by atoms with Gasteiger partial charge in [-0.2, -0.15) is 5.10 Å². The second-order valence-corrected chi connectivity index (χ2v) is 13.8. The van der Waals surface area contributed by atoms with Crippen LogP contribution >= 0.6 is 0 Å². The minimum atomic E-state index is -2.64. The van der Waals surface area contributed by atoms with E-state index in [4.69, 9.17) is 0 Å². The zero-order valence-corrected chi connectivity index (χ0v) is 24.9. The number of hydrogen-bond acceptors (Lipinski definition) is 3. The standard InChI is InChI=1S/C31H36F2N5OS/c1-19(2)40(20(3)4)12-10-22-14-28-29(37(7)31(39)36(28)6)16-27(22)38-11-8-9-21-13-24(23-17-34-35(5)18-23)25(30(32)33)15-26(21)38/h13-20,30H,8-9,11H2,1-7H3/q+1. The predicted molar refractivity (Wildman–Crippen MR) is 162 cm³/mol. The molecule has 0 saturated heterocycles. The maximum absolute atomic E-state index is 14.5. The van der Waals surface area contributed by atoms with E-state index in [1.165, 1.54) is 0 Å². The van der Waals surface area contributed by atoms with Gasteiger partial charge in [-0.15, -0.1) is 0 Å². The Morgan fingerprint density at radius 3 is 2.23 bits per heavy atom. The molecule has 5 rings (SSSR count). The Balaban J connectivity index is 1.74. The van der Waals surface area contributed by atoms with Crippen molar-refractivity contribution in [3.8, 4) is 22.3 Å². The summed E-state index contributed by atoms with van der Waals surface area (Å²) >= 11 is 0. The van der Waals surface area contributed by atoms with E-state index in [9.17, 15) is 13.6 Å². The molecule has 0 amide bonds. The summed E-state index contributed by atoms with van der Waals surface area (Å²) in [7, 11) is 5.19. The molecule has 4 aromatic rings. The Kier molecular flexibility index (Phi) is 7.58. The Bertz CT molecular complexity index is 1690. The van der Waals surface area contributed by atoms with Crippen LogP contribution in [0.4, 0.5) is 20.2 Å². The van der Waals surface area contributed by atoms with Crippen LogP contribution in [0.3, 0.4) is 0 Å². The molecular weight excluding hydrogens is 528 g/mol. The van der Waals surface area contributed by atoms with E-state index in [-0.39, 0.29) is 22.1 Å². The third-order valence-corrected chi connectivity index (χ3v) is 9.99. The van der Waals surface area contributed by atoms with E-state index in [1.807, 2.05) is 18.2 Å². The van der Waals surface area contributed by atoms with E-state index in [0.29, 0.717) is 28.2 Å². The minimum absolute atomic E-state index is 0.0133. The highest BCUT2D eigenvalue weighted by atomic mass is 32.2. The Morgan fingerprint density at radius 1 is 0.950 bits per heavy atom. The quantitative estimate of drug-likeness (QED) is 0.219. The van der Waals surface area contributed by atoms with E-state index < -0.39 is 6.43 Å². The Hall–Kier alpha value is -3.51. The van der Waals surface area contributed by atoms with E-state index in [2.05, 4.69) is 48.9 Å².